The summed E-state index contributed by atoms with van der Waals surface area (Å²) in [5, 5.41) is 30.2. The van der Waals surface area contributed by atoms with E-state index < -0.39 is 63.2 Å². The zero-order valence-corrected chi connectivity index (χ0v) is 29.6. The van der Waals surface area contributed by atoms with E-state index >= 15 is 0 Å². The molecule has 1 aromatic heterocycles. The molecule has 1 unspecified atom stereocenters. The number of carboxylic acid groups (broad SMARTS) is 1. The van der Waals surface area contributed by atoms with E-state index in [1.807, 2.05) is 6.07 Å². The molecule has 5 rings (SSSR count). The summed E-state index contributed by atoms with van der Waals surface area (Å²) >= 11 is 0.960. The highest BCUT2D eigenvalue weighted by Crippen LogP contribution is 2.34. The molecule has 278 valence electrons. The number of nitrogens with two attached hydrogens (primary N) is 2. The Morgan fingerprint density at radius 3 is 2.57 bits per heavy atom. The summed E-state index contributed by atoms with van der Waals surface area (Å²) in [5.74, 6) is -2.85. The molecule has 2 aliphatic heterocycles. The van der Waals surface area contributed by atoms with Crippen LogP contribution in [0.25, 0.3) is 0 Å². The minimum absolute atomic E-state index is 0.0553. The Morgan fingerprint density at radius 2 is 1.98 bits per heavy atom. The van der Waals surface area contributed by atoms with Gasteiger partial charge in [-0.2, -0.15) is 13.5 Å². The lowest BCUT2D eigenvalue weighted by molar-refractivity contribution is -0.218. The number of rotatable bonds is 13. The van der Waals surface area contributed by atoms with Crippen molar-refractivity contribution in [3.05, 3.63) is 40.4 Å². The molecule has 3 aliphatic rings. The Balaban J connectivity index is 1.30. The third kappa shape index (κ3) is 8.39. The number of hydrogen-bond acceptors (Lipinski definition) is 15. The van der Waals surface area contributed by atoms with Gasteiger partial charge in [0.1, 0.15) is 29.4 Å². The second kappa shape index (κ2) is 14.7. The third-order valence-corrected chi connectivity index (χ3v) is 10.1. The molecule has 1 aliphatic carbocycles. The van der Waals surface area contributed by atoms with E-state index in [4.69, 9.17) is 35.7 Å². The molecule has 19 nitrogen and oxygen atoms in total. The van der Waals surface area contributed by atoms with Gasteiger partial charge in [-0.05, 0) is 76.1 Å². The Hall–Kier alpha value is -4.41. The van der Waals surface area contributed by atoms with Crippen molar-refractivity contribution in [2.24, 2.45) is 10.9 Å². The topological polar surface area (TPSA) is 291 Å². The maximum atomic E-state index is 13.4. The maximum Gasteiger partial charge on any atom is 0.418 e. The molecule has 21 heteroatoms. The number of amides is 2. The number of nitrogen functional groups attached to an aromatic ring is 1. The third-order valence-electron chi connectivity index (χ3n) is 9.06. The number of fused-ring (bicyclic) bond motifs is 1. The number of aromatic nitrogens is 1. The van der Waals surface area contributed by atoms with Crippen molar-refractivity contribution < 1.29 is 51.1 Å². The van der Waals surface area contributed by atoms with Crippen LogP contribution in [0, 0.1) is 5.41 Å². The average molecular weight is 753 g/mol. The number of nitrogens with one attached hydrogen (secondary N) is 3. The van der Waals surface area contributed by atoms with Crippen LogP contribution in [0.1, 0.15) is 62.8 Å². The lowest BCUT2D eigenvalue weighted by Gasteiger charge is -2.50. The van der Waals surface area contributed by atoms with Crippen molar-refractivity contribution in [1.82, 2.24) is 20.7 Å². The average Bonchev–Trinajstić information content (AvgIpc) is 3.50. The van der Waals surface area contributed by atoms with Gasteiger partial charge in [-0.25, -0.2) is 9.78 Å². The molecule has 9 N–H and O–H groups in total. The lowest BCUT2D eigenvalue weighted by atomic mass is 9.80. The van der Waals surface area contributed by atoms with E-state index in [1.165, 1.54) is 19.2 Å². The largest absolute Gasteiger partial charge is 0.485 e. The fourth-order valence-corrected chi connectivity index (χ4v) is 7.29. The molecular weight excluding hydrogens is 713 g/mol. The standard InChI is InChI=1S/C30H40N8O11S2/c1-29(2)23(26(40)38(29)49-51(43,44)45)35-25(39)21(18-13-50-28(33)34-18)37-48-22(27(41)42)20-7-4-15-12-16(5-6-19(15)47-20)24(32)36-30(14-46-3)10-8-17(31)9-11-30/h5-6,12-13,17,20,22-23H,4,7-11,14,31H2,1-3H3,(H2,32,36)(H2,33,34)(H,35,39)(H,41,42)(H,43,44,45)/b37-21-/t17-,20-,22?,23-,30-/m1/s1. The van der Waals surface area contributed by atoms with Crippen LogP contribution in [-0.4, -0.2) is 107 Å². The first kappa shape index (κ1) is 37.8. The first-order valence-electron chi connectivity index (χ1n) is 15.8. The molecule has 1 aromatic carbocycles. The van der Waals surface area contributed by atoms with Gasteiger partial charge < -0.3 is 41.5 Å². The predicted molar refractivity (Wildman–Crippen MR) is 181 cm³/mol. The van der Waals surface area contributed by atoms with Gasteiger partial charge in [0.15, 0.2) is 10.8 Å². The van der Waals surface area contributed by atoms with E-state index in [9.17, 15) is 27.9 Å². The van der Waals surface area contributed by atoms with Crippen molar-refractivity contribution in [1.29, 1.82) is 5.41 Å². The molecule has 0 spiro atoms. The van der Waals surface area contributed by atoms with Gasteiger partial charge in [0.25, 0.3) is 17.9 Å². The fraction of sp³-hybridized carbons (Fsp3) is 0.533. The quantitative estimate of drug-likeness (QED) is 0.0477. The number of hydroxylamine groups is 2. The van der Waals surface area contributed by atoms with E-state index in [-0.39, 0.29) is 29.1 Å². The highest BCUT2D eigenvalue weighted by Gasteiger charge is 2.58. The molecule has 0 bridgehead atoms. The number of thiazole rings is 1. The van der Waals surface area contributed by atoms with E-state index in [1.54, 1.807) is 19.2 Å². The number of nitrogens with zero attached hydrogens (tertiary/aromatic N) is 3. The Kier molecular flexibility index (Phi) is 10.9. The van der Waals surface area contributed by atoms with Crippen LogP contribution < -0.4 is 26.8 Å². The summed E-state index contributed by atoms with van der Waals surface area (Å²) in [5.41, 5.74) is 10.8. The van der Waals surface area contributed by atoms with Crippen LogP contribution in [0.5, 0.6) is 5.75 Å². The maximum absolute atomic E-state index is 13.4. The van der Waals surface area contributed by atoms with E-state index in [2.05, 4.69) is 25.1 Å². The Morgan fingerprint density at radius 1 is 1.27 bits per heavy atom. The number of methoxy groups -OCH3 is 1. The molecule has 1 saturated heterocycles. The second-order valence-corrected chi connectivity index (χ2v) is 15.0. The molecule has 0 radical (unpaired) electrons. The number of carboxylic acids is 1. The number of oxime groups is 1. The number of anilines is 1. The molecule has 2 fully saturated rings. The molecule has 3 atom stereocenters. The van der Waals surface area contributed by atoms with Gasteiger partial charge in [-0.3, -0.25) is 19.6 Å². The van der Waals surface area contributed by atoms with Gasteiger partial charge in [-0.1, -0.05) is 5.16 Å². The zero-order chi connectivity index (χ0) is 37.3. The summed E-state index contributed by atoms with van der Waals surface area (Å²) in [6.45, 7) is 3.16. The molecule has 1 saturated carbocycles. The van der Waals surface area contributed by atoms with Crippen LogP contribution in [0.3, 0.4) is 0 Å². The van der Waals surface area contributed by atoms with Crippen LogP contribution in [0.15, 0.2) is 28.7 Å². The van der Waals surface area contributed by atoms with E-state index in [0.717, 1.165) is 42.6 Å². The van der Waals surface area contributed by atoms with Gasteiger partial charge in [-0.15, -0.1) is 15.6 Å². The van der Waals surface area contributed by atoms with Gasteiger partial charge >= 0.3 is 16.4 Å². The number of amidine groups is 1. The molecule has 2 amide bonds. The van der Waals surface area contributed by atoms with Crippen LogP contribution in [0.4, 0.5) is 5.13 Å². The molecular formula is C30H40N8O11S2. The van der Waals surface area contributed by atoms with E-state index in [0.29, 0.717) is 29.4 Å². The monoisotopic (exact) mass is 752 g/mol. The molecule has 3 heterocycles. The number of hydrogen-bond donors (Lipinski definition) is 7. The summed E-state index contributed by atoms with van der Waals surface area (Å²) in [7, 11) is -3.41. The smallest absolute Gasteiger partial charge is 0.418 e. The number of carbonyl (C=O) groups excluding carboxylic acids is 2. The van der Waals surface area contributed by atoms with Crippen molar-refractivity contribution in [2.75, 3.05) is 19.5 Å². The Labute approximate surface area is 297 Å². The highest BCUT2D eigenvalue weighted by atomic mass is 32.3. The normalized spacial score (nSPS) is 25.1. The second-order valence-electron chi connectivity index (χ2n) is 13.1. The number of β-lactam (4-membered cyclic amide) rings is 1. The van der Waals surface area contributed by atoms with Crippen LogP contribution in [0.2, 0.25) is 0 Å². The van der Waals surface area contributed by atoms with Crippen molar-refractivity contribution in [2.45, 2.75) is 87.7 Å². The van der Waals surface area contributed by atoms with Crippen LogP contribution in [-0.2, 0) is 45.1 Å². The fourth-order valence-electron chi connectivity index (χ4n) is 6.29. The zero-order valence-electron chi connectivity index (χ0n) is 28.0. The van der Waals surface area contributed by atoms with Gasteiger partial charge in [0, 0.05) is 24.1 Å². The molecule has 51 heavy (non-hydrogen) atoms. The highest BCUT2D eigenvalue weighted by molar-refractivity contribution is 7.80. The Bertz CT molecular complexity index is 1820. The summed E-state index contributed by atoms with van der Waals surface area (Å²) in [6, 6.07) is 3.94. The van der Waals surface area contributed by atoms with Crippen molar-refractivity contribution >= 4 is 56.2 Å². The van der Waals surface area contributed by atoms with Crippen molar-refractivity contribution in [3.8, 4) is 5.75 Å². The first-order valence-corrected chi connectivity index (χ1v) is 18.1. The summed E-state index contributed by atoms with van der Waals surface area (Å²) < 4.78 is 47.1. The van der Waals surface area contributed by atoms with Crippen LogP contribution >= 0.6 is 11.3 Å². The van der Waals surface area contributed by atoms with Gasteiger partial charge in [0.2, 0.25) is 0 Å². The van der Waals surface area contributed by atoms with Gasteiger partial charge in [0.05, 0.1) is 17.7 Å². The summed E-state index contributed by atoms with van der Waals surface area (Å²) in [6.07, 6.45) is 0.998. The lowest BCUT2D eigenvalue weighted by Crippen LogP contribution is -2.76. The predicted octanol–water partition coefficient (Wildman–Crippen LogP) is 0.334. The molecule has 2 aromatic rings. The first-order chi connectivity index (χ1) is 23.9. The number of aryl methyl sites for hydroxylation is 1. The minimum Gasteiger partial charge on any atom is -0.485 e. The number of benzene rings is 1. The number of carbonyl (C=O) groups is 3. The number of ether oxygens (including phenoxy) is 2. The van der Waals surface area contributed by atoms with Crippen molar-refractivity contribution in [3.63, 3.8) is 0 Å². The minimum atomic E-state index is -5.03. The SMILES string of the molecule is COC[C@]1(NC(=N)c2ccc3c(c2)CC[C@H](C(O/N=C(\C(=O)N[C@@H]2C(=O)N(OS(=O)(=O)O)C2(C)C)c2csc(N)n2)C(=O)O)O3)CC[C@H](N)CC1. The summed E-state index contributed by atoms with van der Waals surface area (Å²) in [4.78, 5) is 47.8. The number of aliphatic carboxylic acids is 1.